The van der Waals surface area contributed by atoms with Crippen LogP contribution in [0.4, 0.5) is 0 Å². The lowest BCUT2D eigenvalue weighted by atomic mass is 10.1. The number of aryl methyl sites for hydroxylation is 1. The highest BCUT2D eigenvalue weighted by Crippen LogP contribution is 2.22. The maximum absolute atomic E-state index is 12.2. The Bertz CT molecular complexity index is 845. The maximum Gasteiger partial charge on any atom is 0.255 e. The van der Waals surface area contributed by atoms with Gasteiger partial charge in [-0.3, -0.25) is 14.9 Å². The van der Waals surface area contributed by atoms with Crippen molar-refractivity contribution >= 4 is 5.91 Å². The van der Waals surface area contributed by atoms with Gasteiger partial charge in [-0.25, -0.2) is 4.98 Å². The number of hydrogen-bond acceptors (Lipinski definition) is 5. The minimum atomic E-state index is -0.357. The lowest BCUT2D eigenvalue weighted by Crippen LogP contribution is -2.23. The smallest absolute Gasteiger partial charge is 0.255 e. The third-order valence-corrected chi connectivity index (χ3v) is 3.63. The first-order valence-electron chi connectivity index (χ1n) is 7.59. The summed E-state index contributed by atoms with van der Waals surface area (Å²) in [6.07, 6.45) is 3.98. The Labute approximate surface area is 138 Å². The van der Waals surface area contributed by atoms with Crippen LogP contribution in [-0.2, 0) is 13.0 Å². The van der Waals surface area contributed by atoms with Crippen molar-refractivity contribution in [1.82, 2.24) is 25.5 Å². The Hall–Kier alpha value is -3.22. The van der Waals surface area contributed by atoms with Gasteiger partial charge in [0.1, 0.15) is 11.6 Å². The number of pyridine rings is 1. The number of nitrogens with one attached hydrogen (secondary N) is 2. The third-order valence-electron chi connectivity index (χ3n) is 3.63. The summed E-state index contributed by atoms with van der Waals surface area (Å²) < 4.78 is 0. The van der Waals surface area contributed by atoms with Gasteiger partial charge >= 0.3 is 0 Å². The number of aromatic nitrogens is 4. The second kappa shape index (κ2) is 6.91. The van der Waals surface area contributed by atoms with Crippen LogP contribution in [0, 0.1) is 0 Å². The minimum Gasteiger partial charge on any atom is -0.507 e. The van der Waals surface area contributed by atoms with Gasteiger partial charge in [0.2, 0.25) is 0 Å². The number of rotatable bonds is 5. The highest BCUT2D eigenvalue weighted by molar-refractivity contribution is 5.97. The van der Waals surface area contributed by atoms with Crippen LogP contribution < -0.4 is 5.32 Å². The minimum absolute atomic E-state index is 0.0209. The van der Waals surface area contributed by atoms with E-state index < -0.39 is 0 Å². The maximum atomic E-state index is 12.2. The fourth-order valence-corrected chi connectivity index (χ4v) is 2.32. The van der Waals surface area contributed by atoms with Crippen LogP contribution in [-0.4, -0.2) is 31.2 Å². The molecule has 2 aromatic heterocycles. The summed E-state index contributed by atoms with van der Waals surface area (Å²) in [5.41, 5.74) is 1.83. The molecule has 0 unspecified atom stereocenters. The van der Waals surface area contributed by atoms with Gasteiger partial charge in [-0.05, 0) is 30.2 Å². The predicted molar refractivity (Wildman–Crippen MR) is 88.3 cm³/mol. The van der Waals surface area contributed by atoms with Gasteiger partial charge in [0, 0.05) is 18.0 Å². The second-order valence-electron chi connectivity index (χ2n) is 5.19. The first kappa shape index (κ1) is 15.7. The predicted octanol–water partition coefficient (Wildman–Crippen LogP) is 2.06. The highest BCUT2D eigenvalue weighted by atomic mass is 16.3. The van der Waals surface area contributed by atoms with Gasteiger partial charge in [0.05, 0.1) is 12.1 Å². The molecule has 3 N–H and O–H groups in total. The molecule has 1 aromatic carbocycles. The van der Waals surface area contributed by atoms with Crippen molar-refractivity contribution in [3.63, 3.8) is 0 Å². The number of para-hydroxylation sites is 1. The third kappa shape index (κ3) is 3.24. The zero-order valence-electron chi connectivity index (χ0n) is 13.2. The van der Waals surface area contributed by atoms with Crippen molar-refractivity contribution in [2.75, 3.05) is 0 Å². The molecule has 3 rings (SSSR count). The van der Waals surface area contributed by atoms with Crippen molar-refractivity contribution in [3.8, 4) is 17.1 Å². The van der Waals surface area contributed by atoms with E-state index in [0.29, 0.717) is 18.1 Å². The lowest BCUT2D eigenvalue weighted by molar-refractivity contribution is 0.0947. The fourth-order valence-electron chi connectivity index (χ4n) is 2.32. The lowest BCUT2D eigenvalue weighted by Gasteiger charge is -2.08. The summed E-state index contributed by atoms with van der Waals surface area (Å²) in [7, 11) is 0. The Balaban J connectivity index is 1.68. The fraction of sp³-hybridized carbons (Fsp3) is 0.176. The Morgan fingerprint density at radius 2 is 2.04 bits per heavy atom. The second-order valence-corrected chi connectivity index (χ2v) is 5.19. The van der Waals surface area contributed by atoms with E-state index in [9.17, 15) is 9.90 Å². The molecule has 0 aliphatic carbocycles. The first-order valence-corrected chi connectivity index (χ1v) is 7.59. The number of amides is 1. The van der Waals surface area contributed by atoms with E-state index >= 15 is 0 Å². The van der Waals surface area contributed by atoms with Gasteiger partial charge in [-0.15, -0.1) is 0 Å². The van der Waals surface area contributed by atoms with Crippen molar-refractivity contribution < 1.29 is 9.90 Å². The largest absolute Gasteiger partial charge is 0.507 e. The van der Waals surface area contributed by atoms with E-state index in [1.54, 1.807) is 42.7 Å². The number of aromatic amines is 1. The Morgan fingerprint density at radius 1 is 1.25 bits per heavy atom. The molecule has 3 aromatic rings. The molecule has 0 radical (unpaired) electrons. The van der Waals surface area contributed by atoms with Crippen LogP contribution in [0.2, 0.25) is 0 Å². The number of aromatic hydroxyl groups is 1. The van der Waals surface area contributed by atoms with E-state index in [-0.39, 0.29) is 23.8 Å². The SMILES string of the molecule is CCc1cccc(C(=O)NCc2nc(-c3ccncc3)n[nH]2)c1O. The molecule has 0 aliphatic rings. The summed E-state index contributed by atoms with van der Waals surface area (Å²) in [5.74, 6) is 0.732. The van der Waals surface area contributed by atoms with Crippen molar-refractivity contribution in [1.29, 1.82) is 0 Å². The number of hydrogen-bond donors (Lipinski definition) is 3. The van der Waals surface area contributed by atoms with E-state index in [0.717, 1.165) is 11.1 Å². The van der Waals surface area contributed by atoms with Gasteiger partial charge in [-0.2, -0.15) is 5.10 Å². The number of nitrogens with zero attached hydrogens (tertiary/aromatic N) is 3. The summed E-state index contributed by atoms with van der Waals surface area (Å²) in [6.45, 7) is 2.11. The van der Waals surface area contributed by atoms with Crippen LogP contribution in [0.3, 0.4) is 0 Å². The number of carbonyl (C=O) groups excluding carboxylic acids is 1. The first-order chi connectivity index (χ1) is 11.7. The summed E-state index contributed by atoms with van der Waals surface area (Å²) in [6, 6.07) is 8.75. The van der Waals surface area contributed by atoms with Gasteiger partial charge in [0.25, 0.3) is 5.91 Å². The van der Waals surface area contributed by atoms with Gasteiger partial charge in [0.15, 0.2) is 5.82 Å². The zero-order chi connectivity index (χ0) is 16.9. The molecule has 0 saturated heterocycles. The zero-order valence-corrected chi connectivity index (χ0v) is 13.2. The molecule has 0 fully saturated rings. The normalized spacial score (nSPS) is 10.5. The molecular formula is C17H17N5O2. The topological polar surface area (TPSA) is 104 Å². The van der Waals surface area contributed by atoms with Crippen LogP contribution >= 0.6 is 0 Å². The highest BCUT2D eigenvalue weighted by Gasteiger charge is 2.14. The molecule has 7 nitrogen and oxygen atoms in total. The summed E-state index contributed by atoms with van der Waals surface area (Å²) >= 11 is 0. The van der Waals surface area contributed by atoms with Crippen molar-refractivity contribution in [2.45, 2.75) is 19.9 Å². The number of benzene rings is 1. The van der Waals surface area contributed by atoms with Crippen molar-refractivity contribution in [3.05, 3.63) is 59.7 Å². The average molecular weight is 323 g/mol. The number of phenolic OH excluding ortho intramolecular Hbond substituents is 1. The van der Waals surface area contributed by atoms with E-state index in [2.05, 4.69) is 25.5 Å². The van der Waals surface area contributed by atoms with Gasteiger partial charge in [-0.1, -0.05) is 19.1 Å². The molecule has 0 aliphatic heterocycles. The molecule has 0 bridgehead atoms. The monoisotopic (exact) mass is 323 g/mol. The molecule has 0 spiro atoms. The molecule has 122 valence electrons. The quantitative estimate of drug-likeness (QED) is 0.667. The molecule has 7 heteroatoms. The van der Waals surface area contributed by atoms with E-state index in [1.807, 2.05) is 6.92 Å². The Morgan fingerprint density at radius 3 is 2.79 bits per heavy atom. The molecule has 0 atom stereocenters. The Kier molecular flexibility index (Phi) is 4.51. The molecule has 24 heavy (non-hydrogen) atoms. The number of phenols is 1. The number of carbonyl (C=O) groups is 1. The standard InChI is InChI=1S/C17H17N5O2/c1-2-11-4-3-5-13(15(11)23)17(24)19-10-14-20-16(22-21-14)12-6-8-18-9-7-12/h3-9,23H,2,10H2,1H3,(H,19,24)(H,20,21,22). The van der Waals surface area contributed by atoms with Crippen LogP contribution in [0.25, 0.3) is 11.4 Å². The van der Waals surface area contributed by atoms with Crippen LogP contribution in [0.15, 0.2) is 42.7 Å². The van der Waals surface area contributed by atoms with Gasteiger partial charge < -0.3 is 10.4 Å². The molecule has 0 saturated carbocycles. The molecule has 2 heterocycles. The van der Waals surface area contributed by atoms with Crippen LogP contribution in [0.1, 0.15) is 28.7 Å². The average Bonchev–Trinajstić information content (AvgIpc) is 3.10. The van der Waals surface area contributed by atoms with Crippen LogP contribution in [0.5, 0.6) is 5.75 Å². The van der Waals surface area contributed by atoms with Crippen molar-refractivity contribution in [2.24, 2.45) is 0 Å². The molecular weight excluding hydrogens is 306 g/mol. The molecule has 1 amide bonds. The van der Waals surface area contributed by atoms with E-state index in [4.69, 9.17) is 0 Å². The van der Waals surface area contributed by atoms with E-state index in [1.165, 1.54) is 0 Å². The summed E-state index contributed by atoms with van der Waals surface area (Å²) in [5, 5.41) is 19.7. The summed E-state index contributed by atoms with van der Waals surface area (Å²) in [4.78, 5) is 20.5. The number of H-pyrrole nitrogens is 1.